The molecule has 0 radical (unpaired) electrons. The van der Waals surface area contributed by atoms with E-state index in [-0.39, 0.29) is 23.8 Å². The van der Waals surface area contributed by atoms with Crippen LogP contribution in [0.5, 0.6) is 5.75 Å². The molecule has 2 aromatic rings. The van der Waals surface area contributed by atoms with Crippen molar-refractivity contribution >= 4 is 17.5 Å². The van der Waals surface area contributed by atoms with Crippen LogP contribution in [0.4, 0.5) is 5.69 Å². The van der Waals surface area contributed by atoms with Crippen molar-refractivity contribution in [3.05, 3.63) is 48.5 Å². The minimum absolute atomic E-state index is 0.0250. The third-order valence-electron chi connectivity index (χ3n) is 5.98. The molecule has 150 valence electrons. The van der Waals surface area contributed by atoms with Crippen molar-refractivity contribution < 1.29 is 14.3 Å². The van der Waals surface area contributed by atoms with Crippen LogP contribution in [0.15, 0.2) is 48.5 Å². The average Bonchev–Trinajstić information content (AvgIpc) is 3.58. The van der Waals surface area contributed by atoms with E-state index in [0.29, 0.717) is 44.2 Å². The van der Waals surface area contributed by atoms with Gasteiger partial charge in [-0.25, -0.2) is 0 Å². The highest BCUT2D eigenvalue weighted by atomic mass is 16.5. The van der Waals surface area contributed by atoms with Crippen LogP contribution in [0, 0.1) is 5.92 Å². The van der Waals surface area contributed by atoms with Crippen molar-refractivity contribution in [2.75, 3.05) is 38.1 Å². The predicted octanol–water partition coefficient (Wildman–Crippen LogP) is 2.61. The van der Waals surface area contributed by atoms with Gasteiger partial charge in [-0.05, 0) is 36.1 Å². The molecular weight excluding hydrogens is 366 g/mol. The molecule has 2 heterocycles. The molecule has 2 aromatic carbocycles. The smallest absolute Gasteiger partial charge is 0.238 e. The lowest BCUT2D eigenvalue weighted by atomic mass is 10.0. The number of fused-ring (bicyclic) bond motifs is 2. The van der Waals surface area contributed by atoms with E-state index in [0.717, 1.165) is 24.0 Å². The number of anilines is 1. The zero-order valence-electron chi connectivity index (χ0n) is 16.3. The molecule has 1 atom stereocenters. The molecule has 0 spiro atoms. The van der Waals surface area contributed by atoms with E-state index in [1.165, 1.54) is 0 Å². The Labute approximate surface area is 170 Å². The maximum atomic E-state index is 12.7. The van der Waals surface area contributed by atoms with Gasteiger partial charge < -0.3 is 15.0 Å². The Hall–Kier alpha value is -2.86. The highest BCUT2D eigenvalue weighted by Gasteiger charge is 2.38. The molecule has 0 aromatic heterocycles. The molecule has 0 bridgehead atoms. The van der Waals surface area contributed by atoms with Gasteiger partial charge in [-0.3, -0.25) is 14.5 Å². The van der Waals surface area contributed by atoms with Gasteiger partial charge in [0.1, 0.15) is 12.4 Å². The fraction of sp³-hybridized carbons (Fsp3) is 0.391. The Morgan fingerprint density at radius 2 is 1.86 bits per heavy atom. The molecule has 6 heteroatoms. The monoisotopic (exact) mass is 391 g/mol. The van der Waals surface area contributed by atoms with Crippen LogP contribution in [0.1, 0.15) is 12.8 Å². The van der Waals surface area contributed by atoms with E-state index in [1.807, 2.05) is 53.4 Å². The molecule has 3 aliphatic rings. The lowest BCUT2D eigenvalue weighted by Crippen LogP contribution is -2.58. The van der Waals surface area contributed by atoms with Gasteiger partial charge in [0.15, 0.2) is 0 Å². The van der Waals surface area contributed by atoms with E-state index < -0.39 is 0 Å². The first kappa shape index (κ1) is 18.2. The molecule has 1 N–H and O–H groups in total. The summed E-state index contributed by atoms with van der Waals surface area (Å²) in [5, 5.41) is 3.02. The highest BCUT2D eigenvalue weighted by molar-refractivity contribution is 5.94. The summed E-state index contributed by atoms with van der Waals surface area (Å²) in [6, 6.07) is 16.0. The lowest BCUT2D eigenvalue weighted by molar-refractivity contribution is -0.136. The molecule has 6 nitrogen and oxygen atoms in total. The summed E-state index contributed by atoms with van der Waals surface area (Å²) in [6.45, 7) is 2.78. The molecule has 1 saturated heterocycles. The Balaban J connectivity index is 1.37. The fourth-order valence-electron chi connectivity index (χ4n) is 4.17. The summed E-state index contributed by atoms with van der Waals surface area (Å²) < 4.78 is 6.13. The van der Waals surface area contributed by atoms with Gasteiger partial charge in [-0.15, -0.1) is 0 Å². The van der Waals surface area contributed by atoms with Gasteiger partial charge in [0, 0.05) is 25.6 Å². The normalized spacial score (nSPS) is 22.3. The first-order valence-electron chi connectivity index (χ1n) is 10.3. The van der Waals surface area contributed by atoms with Crippen LogP contribution in [0.2, 0.25) is 0 Å². The minimum atomic E-state index is -0.0473. The summed E-state index contributed by atoms with van der Waals surface area (Å²) in [6.07, 6.45) is 2.03. The molecule has 1 aliphatic carbocycles. The topological polar surface area (TPSA) is 61.9 Å². The number of ether oxygens (including phenoxy) is 1. The van der Waals surface area contributed by atoms with Gasteiger partial charge in [-0.1, -0.05) is 36.4 Å². The van der Waals surface area contributed by atoms with Crippen LogP contribution in [0.25, 0.3) is 11.1 Å². The predicted molar refractivity (Wildman–Crippen MR) is 111 cm³/mol. The maximum absolute atomic E-state index is 12.7. The number of hydrogen-bond acceptors (Lipinski definition) is 4. The number of nitrogens with one attached hydrogen (secondary N) is 1. The maximum Gasteiger partial charge on any atom is 0.238 e. The second-order valence-electron chi connectivity index (χ2n) is 8.12. The van der Waals surface area contributed by atoms with Crippen molar-refractivity contribution in [3.63, 3.8) is 0 Å². The lowest BCUT2D eigenvalue weighted by Gasteiger charge is -2.40. The number of hydrogen-bond donors (Lipinski definition) is 1. The molecular formula is C23H25N3O3. The van der Waals surface area contributed by atoms with Gasteiger partial charge in [-0.2, -0.15) is 0 Å². The van der Waals surface area contributed by atoms with Gasteiger partial charge in [0.05, 0.1) is 18.3 Å². The second kappa shape index (κ2) is 7.52. The molecule has 0 unspecified atom stereocenters. The van der Waals surface area contributed by atoms with Crippen LogP contribution in [-0.2, 0) is 9.59 Å². The SMILES string of the molecule is O=C1CN2CCN(C(=O)C3CC3)C[C@H]2COc2ccc(-c3ccccc3)cc2N1. The molecule has 2 aliphatic heterocycles. The van der Waals surface area contributed by atoms with Gasteiger partial charge in [0.25, 0.3) is 0 Å². The summed E-state index contributed by atoms with van der Waals surface area (Å²) in [4.78, 5) is 29.3. The van der Waals surface area contributed by atoms with Gasteiger partial charge >= 0.3 is 0 Å². The molecule has 2 amide bonds. The van der Waals surface area contributed by atoms with Crippen LogP contribution in [0.3, 0.4) is 0 Å². The summed E-state index contributed by atoms with van der Waals surface area (Å²) in [7, 11) is 0. The summed E-state index contributed by atoms with van der Waals surface area (Å²) in [5.74, 6) is 1.11. The minimum Gasteiger partial charge on any atom is -0.490 e. The fourth-order valence-corrected chi connectivity index (χ4v) is 4.17. The van der Waals surface area contributed by atoms with Crippen molar-refractivity contribution in [1.82, 2.24) is 9.80 Å². The third kappa shape index (κ3) is 3.85. The van der Waals surface area contributed by atoms with Crippen molar-refractivity contribution in [3.8, 4) is 16.9 Å². The van der Waals surface area contributed by atoms with Gasteiger partial charge in [0.2, 0.25) is 11.8 Å². The van der Waals surface area contributed by atoms with Crippen LogP contribution < -0.4 is 10.1 Å². The van der Waals surface area contributed by atoms with E-state index in [9.17, 15) is 9.59 Å². The van der Waals surface area contributed by atoms with E-state index in [2.05, 4.69) is 10.2 Å². The highest BCUT2D eigenvalue weighted by Crippen LogP contribution is 2.33. The quantitative estimate of drug-likeness (QED) is 0.855. The summed E-state index contributed by atoms with van der Waals surface area (Å²) in [5.41, 5.74) is 2.82. The number of benzene rings is 2. The number of rotatable bonds is 2. The number of carbonyl (C=O) groups excluding carboxylic acids is 2. The van der Waals surface area contributed by atoms with Crippen molar-refractivity contribution in [2.45, 2.75) is 18.9 Å². The molecule has 2 fully saturated rings. The van der Waals surface area contributed by atoms with Crippen molar-refractivity contribution in [1.29, 1.82) is 0 Å². The van der Waals surface area contributed by atoms with Crippen LogP contribution >= 0.6 is 0 Å². The molecule has 1 saturated carbocycles. The molecule has 5 rings (SSSR count). The molecule has 29 heavy (non-hydrogen) atoms. The first-order valence-corrected chi connectivity index (χ1v) is 10.3. The summed E-state index contributed by atoms with van der Waals surface area (Å²) >= 11 is 0. The zero-order valence-corrected chi connectivity index (χ0v) is 16.3. The Bertz CT molecular complexity index is 926. The average molecular weight is 391 g/mol. The largest absolute Gasteiger partial charge is 0.490 e. The first-order chi connectivity index (χ1) is 14.2. The zero-order chi connectivity index (χ0) is 19.8. The van der Waals surface area contributed by atoms with E-state index in [4.69, 9.17) is 4.74 Å². The van der Waals surface area contributed by atoms with E-state index in [1.54, 1.807) is 0 Å². The van der Waals surface area contributed by atoms with Crippen LogP contribution in [-0.4, -0.2) is 60.4 Å². The van der Waals surface area contributed by atoms with Crippen molar-refractivity contribution in [2.24, 2.45) is 5.92 Å². The Morgan fingerprint density at radius 3 is 2.66 bits per heavy atom. The standard InChI is InChI=1S/C23H25N3O3/c27-22-14-25-10-11-26(23(28)17-6-7-17)13-19(25)15-29-21-9-8-18(12-20(21)24-22)16-4-2-1-3-5-16/h1-5,8-9,12,17,19H,6-7,10-11,13-15H2,(H,24,27)/t19-/m0/s1. The number of piperazine rings is 1. The Kier molecular flexibility index (Phi) is 4.72. The van der Waals surface area contributed by atoms with E-state index >= 15 is 0 Å². The Morgan fingerprint density at radius 1 is 1.03 bits per heavy atom. The number of nitrogens with zero attached hydrogens (tertiary/aromatic N) is 2. The second-order valence-corrected chi connectivity index (χ2v) is 8.12. The third-order valence-corrected chi connectivity index (χ3v) is 5.98. The number of amides is 2. The number of carbonyl (C=O) groups is 2.